The number of hydrogen-bond donors (Lipinski definition) is 1. The maximum Gasteiger partial charge on any atom is 0.389 e. The van der Waals surface area contributed by atoms with Gasteiger partial charge in [0.2, 0.25) is 5.91 Å². The Morgan fingerprint density at radius 1 is 1.03 bits per heavy atom. The number of carbonyl (C=O) groups is 2. The van der Waals surface area contributed by atoms with Crippen LogP contribution >= 0.6 is 46.4 Å². The van der Waals surface area contributed by atoms with E-state index in [4.69, 9.17) is 46.4 Å². The minimum absolute atomic E-state index is 0.193. The van der Waals surface area contributed by atoms with Gasteiger partial charge in [0, 0.05) is 12.3 Å². The number of benzene rings is 2. The maximum absolute atomic E-state index is 14.1. The first-order valence-corrected chi connectivity index (χ1v) is 10.5. The maximum atomic E-state index is 14.1. The minimum Gasteiger partial charge on any atom is -0.324 e. The Labute approximate surface area is 198 Å². The van der Waals surface area contributed by atoms with Crippen molar-refractivity contribution in [2.75, 3.05) is 5.32 Å². The number of ketones is 1. The number of carbonyl (C=O) groups excluding carboxylic acids is 2. The number of halogens is 9. The molecule has 0 aromatic heterocycles. The largest absolute Gasteiger partial charge is 0.389 e. The molecule has 0 spiro atoms. The summed E-state index contributed by atoms with van der Waals surface area (Å²) in [5, 5.41) is 1.61. The van der Waals surface area contributed by atoms with Crippen molar-refractivity contribution < 1.29 is 31.5 Å². The summed E-state index contributed by atoms with van der Waals surface area (Å²) in [7, 11) is 0. The molecule has 3 rings (SSSR count). The fourth-order valence-corrected chi connectivity index (χ4v) is 4.59. The second-order valence-electron chi connectivity index (χ2n) is 7.11. The summed E-state index contributed by atoms with van der Waals surface area (Å²) in [4.78, 5) is 24.8. The van der Waals surface area contributed by atoms with E-state index in [1.54, 1.807) is 0 Å². The summed E-state index contributed by atoms with van der Waals surface area (Å²) in [5.74, 6) is -5.51. The molecule has 2 aromatic carbocycles. The number of amides is 1. The van der Waals surface area contributed by atoms with Crippen LogP contribution in [0.3, 0.4) is 0 Å². The van der Waals surface area contributed by atoms with Crippen LogP contribution in [0, 0.1) is 17.6 Å². The lowest BCUT2D eigenvalue weighted by atomic mass is 10.0. The standard InChI is InChI=1S/C20H12Cl4F5NO2/c21-9-7-8(1-2-10(9)25)15-16(20(15,23)24)18(32)30-12-4-3-11(26)14(17(12)22)13(31)5-6-19(27,28)29/h1-4,7,15-16H,5-6H2,(H,30,32). The molecule has 0 aliphatic heterocycles. The third-order valence-electron chi connectivity index (χ3n) is 4.90. The van der Waals surface area contributed by atoms with Crippen molar-refractivity contribution in [2.24, 2.45) is 5.92 Å². The van der Waals surface area contributed by atoms with Gasteiger partial charge in [0.1, 0.15) is 16.0 Å². The van der Waals surface area contributed by atoms with Crippen molar-refractivity contribution >= 4 is 63.8 Å². The molecule has 0 radical (unpaired) electrons. The Hall–Kier alpha value is -1.61. The normalized spacial score (nSPS) is 19.5. The number of hydrogen-bond acceptors (Lipinski definition) is 2. The zero-order valence-electron chi connectivity index (χ0n) is 15.7. The van der Waals surface area contributed by atoms with Gasteiger partial charge in [-0.05, 0) is 29.8 Å². The van der Waals surface area contributed by atoms with E-state index in [0.717, 1.165) is 18.2 Å². The second-order valence-corrected chi connectivity index (χ2v) is 9.34. The molecule has 1 aliphatic rings. The van der Waals surface area contributed by atoms with Crippen LogP contribution < -0.4 is 5.32 Å². The van der Waals surface area contributed by atoms with Gasteiger partial charge in [-0.15, -0.1) is 23.2 Å². The third-order valence-corrected chi connectivity index (χ3v) is 6.52. The molecule has 12 heteroatoms. The topological polar surface area (TPSA) is 46.2 Å². The molecule has 0 bridgehead atoms. The molecule has 1 amide bonds. The van der Waals surface area contributed by atoms with Crippen LogP contribution in [0.2, 0.25) is 10.0 Å². The van der Waals surface area contributed by atoms with E-state index in [2.05, 4.69) is 5.32 Å². The first kappa shape index (κ1) is 25.0. The number of anilines is 1. The van der Waals surface area contributed by atoms with E-state index in [9.17, 15) is 31.5 Å². The average Bonchev–Trinajstić information content (AvgIpc) is 3.26. The number of alkyl halides is 5. The Morgan fingerprint density at radius 2 is 1.66 bits per heavy atom. The van der Waals surface area contributed by atoms with Crippen molar-refractivity contribution in [1.29, 1.82) is 0 Å². The summed E-state index contributed by atoms with van der Waals surface area (Å²) in [6.45, 7) is 0. The average molecular weight is 535 g/mol. The van der Waals surface area contributed by atoms with Crippen LogP contribution in [-0.4, -0.2) is 22.2 Å². The van der Waals surface area contributed by atoms with Crippen LogP contribution in [-0.2, 0) is 4.79 Å². The highest BCUT2D eigenvalue weighted by molar-refractivity contribution is 6.53. The molecule has 1 saturated carbocycles. The third kappa shape index (κ3) is 5.14. The van der Waals surface area contributed by atoms with Crippen molar-refractivity contribution in [1.82, 2.24) is 0 Å². The Morgan fingerprint density at radius 3 is 2.25 bits per heavy atom. The van der Waals surface area contributed by atoms with Gasteiger partial charge in [-0.3, -0.25) is 9.59 Å². The Bertz CT molecular complexity index is 1090. The van der Waals surface area contributed by atoms with Crippen LogP contribution in [0.1, 0.15) is 34.7 Å². The van der Waals surface area contributed by atoms with Crippen LogP contribution in [0.15, 0.2) is 30.3 Å². The van der Waals surface area contributed by atoms with Crippen molar-refractivity contribution in [3.8, 4) is 0 Å². The summed E-state index contributed by atoms with van der Waals surface area (Å²) in [5.41, 5.74) is -0.579. The first-order valence-electron chi connectivity index (χ1n) is 8.95. The predicted octanol–water partition coefficient (Wildman–Crippen LogP) is 7.32. The molecule has 2 unspecified atom stereocenters. The van der Waals surface area contributed by atoms with E-state index in [1.807, 2.05) is 0 Å². The Kier molecular flexibility index (Phi) is 7.01. The summed E-state index contributed by atoms with van der Waals surface area (Å²) < 4.78 is 63.1. The smallest absolute Gasteiger partial charge is 0.324 e. The summed E-state index contributed by atoms with van der Waals surface area (Å²) in [6.07, 6.45) is -7.08. The molecule has 2 aromatic rings. The molecule has 0 saturated heterocycles. The van der Waals surface area contributed by atoms with Gasteiger partial charge < -0.3 is 5.32 Å². The van der Waals surface area contributed by atoms with Crippen LogP contribution in [0.4, 0.5) is 27.6 Å². The first-order chi connectivity index (χ1) is 14.7. The zero-order chi connectivity index (χ0) is 24.0. The highest BCUT2D eigenvalue weighted by Gasteiger charge is 2.67. The monoisotopic (exact) mass is 533 g/mol. The molecule has 1 fully saturated rings. The van der Waals surface area contributed by atoms with E-state index < -0.39 is 69.1 Å². The number of Topliss-reactive ketones (excluding diaryl/α,β-unsaturated/α-hetero) is 1. The van der Waals surface area contributed by atoms with Gasteiger partial charge in [0.15, 0.2) is 5.78 Å². The molecule has 1 N–H and O–H groups in total. The zero-order valence-corrected chi connectivity index (χ0v) is 18.7. The lowest BCUT2D eigenvalue weighted by Crippen LogP contribution is -2.18. The summed E-state index contributed by atoms with van der Waals surface area (Å²) in [6, 6.07) is 5.57. The fourth-order valence-electron chi connectivity index (χ4n) is 3.27. The highest BCUT2D eigenvalue weighted by atomic mass is 35.5. The van der Waals surface area contributed by atoms with Crippen molar-refractivity contribution in [2.45, 2.75) is 29.3 Å². The number of rotatable bonds is 6. The Balaban J connectivity index is 1.81. The van der Waals surface area contributed by atoms with Gasteiger partial charge in [-0.25, -0.2) is 8.78 Å². The van der Waals surface area contributed by atoms with Gasteiger partial charge in [0.25, 0.3) is 0 Å². The van der Waals surface area contributed by atoms with Crippen LogP contribution in [0.5, 0.6) is 0 Å². The van der Waals surface area contributed by atoms with Gasteiger partial charge in [-0.2, -0.15) is 13.2 Å². The van der Waals surface area contributed by atoms with Crippen molar-refractivity contribution in [3.05, 3.63) is 63.1 Å². The van der Waals surface area contributed by atoms with E-state index >= 15 is 0 Å². The molecule has 32 heavy (non-hydrogen) atoms. The lowest BCUT2D eigenvalue weighted by molar-refractivity contribution is -0.133. The minimum atomic E-state index is -4.61. The molecule has 1 aliphatic carbocycles. The second kappa shape index (κ2) is 8.97. The molecular weight excluding hydrogens is 523 g/mol. The highest BCUT2D eigenvalue weighted by Crippen LogP contribution is 2.65. The van der Waals surface area contributed by atoms with Gasteiger partial charge in [-0.1, -0.05) is 29.3 Å². The van der Waals surface area contributed by atoms with E-state index in [1.165, 1.54) is 12.1 Å². The van der Waals surface area contributed by atoms with E-state index in [0.29, 0.717) is 5.56 Å². The molecule has 2 atom stereocenters. The van der Waals surface area contributed by atoms with Crippen LogP contribution in [0.25, 0.3) is 0 Å². The lowest BCUT2D eigenvalue weighted by Gasteiger charge is -2.12. The quantitative estimate of drug-likeness (QED) is 0.240. The number of nitrogens with one attached hydrogen (secondary N) is 1. The van der Waals surface area contributed by atoms with Crippen molar-refractivity contribution in [3.63, 3.8) is 0 Å². The molecule has 0 heterocycles. The molecule has 3 nitrogen and oxygen atoms in total. The fraction of sp³-hybridized carbons (Fsp3) is 0.300. The summed E-state index contributed by atoms with van der Waals surface area (Å²) >= 11 is 24.2. The SMILES string of the molecule is O=C(CCC(F)(F)F)c1c(F)ccc(NC(=O)C2C(c3ccc(F)c(Cl)c3)C2(Cl)Cl)c1Cl. The van der Waals surface area contributed by atoms with Gasteiger partial charge in [0.05, 0.1) is 33.6 Å². The van der Waals surface area contributed by atoms with E-state index in [-0.39, 0.29) is 10.7 Å². The van der Waals surface area contributed by atoms with Gasteiger partial charge >= 0.3 is 6.18 Å². The predicted molar refractivity (Wildman–Crippen MR) is 112 cm³/mol. The molecule has 172 valence electrons. The molecular formula is C20H12Cl4F5NO2.